The number of hydrogen-bond donors (Lipinski definition) is 0. The van der Waals surface area contributed by atoms with Gasteiger partial charge in [-0.2, -0.15) is 0 Å². The van der Waals surface area contributed by atoms with Crippen LogP contribution >= 0.6 is 0 Å². The summed E-state index contributed by atoms with van der Waals surface area (Å²) in [6.07, 6.45) is 0. The summed E-state index contributed by atoms with van der Waals surface area (Å²) in [5, 5.41) is 0. The molecule has 0 bridgehead atoms. The molecule has 6 heavy (non-hydrogen) atoms. The fourth-order valence-corrected chi connectivity index (χ4v) is 0. The molecule has 0 saturated heterocycles. The first-order valence-electron chi connectivity index (χ1n) is 0.408. The minimum atomic E-state index is -1.42. The molecule has 0 radical (unpaired) electrons. The fraction of sp³-hybridized carbons (Fsp3) is 0. The van der Waals surface area contributed by atoms with E-state index in [2.05, 4.69) is 0 Å². The van der Waals surface area contributed by atoms with E-state index in [1.807, 2.05) is 0 Å². The van der Waals surface area contributed by atoms with Crippen LogP contribution in [0.4, 0.5) is 0 Å². The van der Waals surface area contributed by atoms with Gasteiger partial charge in [0.25, 0.3) is 0 Å². The molecule has 0 spiro atoms. The molecule has 0 amide bonds. The first-order chi connectivity index (χ1) is 1.41. The van der Waals surface area contributed by atoms with Gasteiger partial charge in [0.2, 0.25) is 0 Å². The van der Waals surface area contributed by atoms with Crippen molar-refractivity contribution in [1.29, 1.82) is 0 Å². The van der Waals surface area contributed by atoms with Crippen molar-refractivity contribution >= 4 is 9.29 Å². The van der Waals surface area contributed by atoms with Crippen molar-refractivity contribution in [2.75, 3.05) is 0 Å². The Hall–Kier alpha value is 0.972. The normalized spacial score (nSPS) is 1.33. The van der Waals surface area contributed by atoms with Crippen molar-refractivity contribution in [3.05, 3.63) is 0 Å². The Balaban J connectivity index is -0.00000000667. The van der Waals surface area contributed by atoms with Crippen LogP contribution in [0.3, 0.4) is 0 Å². The molecule has 0 atom stereocenters. The first-order valence-corrected chi connectivity index (χ1v) is 1.22. The third-order valence-electron chi connectivity index (χ3n) is 0. The van der Waals surface area contributed by atoms with E-state index >= 15 is 0 Å². The molecule has 0 aliphatic carbocycles. The van der Waals surface area contributed by atoms with Gasteiger partial charge >= 0.3 is 47.0 Å². The summed E-state index contributed by atoms with van der Waals surface area (Å²) in [6, 6.07) is 0. The first kappa shape index (κ1) is 28.2. The van der Waals surface area contributed by atoms with E-state index in [4.69, 9.17) is 8.92 Å². The summed E-state index contributed by atoms with van der Waals surface area (Å²) in [7, 11) is -1.42. The topological polar surface area (TPSA) is 62.6 Å². The Labute approximate surface area is 61.5 Å². The maximum absolute atomic E-state index is 8.40. The van der Waals surface area contributed by atoms with E-state index in [-0.39, 0.29) is 43.2 Å². The van der Waals surface area contributed by atoms with Crippen LogP contribution in [0.25, 0.3) is 0 Å². The van der Waals surface area contributed by atoms with Gasteiger partial charge in [-0.25, -0.2) is 0 Å². The summed E-state index contributed by atoms with van der Waals surface area (Å²) in [5.41, 5.74) is 0. The van der Waals surface area contributed by atoms with Crippen molar-refractivity contribution in [1.82, 2.24) is 0 Å². The molecular weight excluding hydrogens is 90.0 g/mol. The smallest absolute Gasteiger partial charge is 1.00 e. The van der Waals surface area contributed by atoms with E-state index in [0.717, 1.165) is 0 Å². The number of rotatable bonds is 0. The minimum Gasteiger partial charge on any atom is -2.00 e. The Morgan fingerprint density at radius 3 is 1.00 bits per heavy atom. The second-order valence-electron chi connectivity index (χ2n) is 0.0833. The van der Waals surface area contributed by atoms with Crippen LogP contribution in [0.5, 0.6) is 0 Å². The average molecular weight is 90.0 g/mol. The minimum absolute atomic E-state index is 0. The van der Waals surface area contributed by atoms with Crippen LogP contribution in [-0.4, -0.2) is 9.29 Å². The summed E-state index contributed by atoms with van der Waals surface area (Å²) in [5.74, 6) is 0. The molecule has 0 fully saturated rings. The number of hydrogen-bond acceptors (Lipinski definition) is 2. The molecule has 24 valence electrons. The SMILES string of the molecule is O=[Si]=O.[Li+].[Li+].[O-2]. The zero-order valence-corrected chi connectivity index (χ0v) is 4.72. The van der Waals surface area contributed by atoms with Gasteiger partial charge in [-0.05, 0) is 0 Å². The largest absolute Gasteiger partial charge is 2.00 e. The van der Waals surface area contributed by atoms with Gasteiger partial charge in [0, 0.05) is 0 Å². The van der Waals surface area contributed by atoms with Gasteiger partial charge < -0.3 is 5.48 Å². The Morgan fingerprint density at radius 2 is 1.00 bits per heavy atom. The second kappa shape index (κ2) is 38.0. The maximum atomic E-state index is 8.40. The summed E-state index contributed by atoms with van der Waals surface area (Å²) in [6.45, 7) is 0. The van der Waals surface area contributed by atoms with E-state index in [1.165, 1.54) is 0 Å². The Bertz CT molecular complexity index is 29.8. The van der Waals surface area contributed by atoms with Gasteiger partial charge in [0.1, 0.15) is 0 Å². The van der Waals surface area contributed by atoms with Crippen LogP contribution < -0.4 is 37.7 Å². The maximum Gasteiger partial charge on any atom is 1.00 e. The van der Waals surface area contributed by atoms with Crippen molar-refractivity contribution in [3.63, 3.8) is 0 Å². The van der Waals surface area contributed by atoms with Crippen molar-refractivity contribution < 1.29 is 52.1 Å². The molecule has 0 rings (SSSR count). The van der Waals surface area contributed by atoms with Crippen LogP contribution in [0.1, 0.15) is 0 Å². The standard InChI is InChI=1S/2Li.O2Si.O/c;;1-3-2;/q2*+1;;-2. The van der Waals surface area contributed by atoms with Crippen molar-refractivity contribution in [3.8, 4) is 0 Å². The fourth-order valence-electron chi connectivity index (χ4n) is 0. The molecule has 0 aromatic heterocycles. The van der Waals surface area contributed by atoms with E-state index in [0.29, 0.717) is 0 Å². The zero-order chi connectivity index (χ0) is 2.71. The van der Waals surface area contributed by atoms with Gasteiger partial charge in [0.05, 0.1) is 0 Å². The Morgan fingerprint density at radius 1 is 1.00 bits per heavy atom. The predicted molar refractivity (Wildman–Crippen MR) is 7.81 cm³/mol. The van der Waals surface area contributed by atoms with Gasteiger partial charge in [0.15, 0.2) is 0 Å². The van der Waals surface area contributed by atoms with Crippen molar-refractivity contribution in [2.45, 2.75) is 0 Å². The van der Waals surface area contributed by atoms with Crippen LogP contribution in [0, 0.1) is 0 Å². The molecule has 0 unspecified atom stereocenters. The molecule has 0 heterocycles. The van der Waals surface area contributed by atoms with Gasteiger partial charge in [-0.3, -0.25) is 8.92 Å². The molecule has 3 nitrogen and oxygen atoms in total. The van der Waals surface area contributed by atoms with Crippen LogP contribution in [-0.2, 0) is 14.4 Å². The molecular formula is Li2O3Si. The summed E-state index contributed by atoms with van der Waals surface area (Å²) in [4.78, 5) is 0. The average Bonchev–Trinajstić information content (AvgIpc) is 0.918. The van der Waals surface area contributed by atoms with Gasteiger partial charge in [-0.15, -0.1) is 0 Å². The van der Waals surface area contributed by atoms with E-state index in [1.54, 1.807) is 0 Å². The third-order valence-corrected chi connectivity index (χ3v) is 0. The monoisotopic (exact) mass is 90.0 g/mol. The van der Waals surface area contributed by atoms with Gasteiger partial charge in [-0.1, -0.05) is 0 Å². The molecule has 6 heteroatoms. The van der Waals surface area contributed by atoms with E-state index < -0.39 is 9.29 Å². The molecule has 0 aliphatic rings. The third kappa shape index (κ3) is 83.1. The Kier molecular flexibility index (Phi) is 178. The van der Waals surface area contributed by atoms with Crippen LogP contribution in [0.15, 0.2) is 0 Å². The second-order valence-corrected chi connectivity index (χ2v) is 0.250. The molecule has 0 N–H and O–H groups in total. The zero-order valence-electron chi connectivity index (χ0n) is 3.72. The quantitative estimate of drug-likeness (QED) is 0.277. The molecule has 0 aliphatic heterocycles. The predicted octanol–water partition coefficient (Wildman–Crippen LogP) is -6.73. The molecule has 0 aromatic rings. The summed E-state index contributed by atoms with van der Waals surface area (Å²) < 4.78 is 16.8. The summed E-state index contributed by atoms with van der Waals surface area (Å²) >= 11 is 0. The van der Waals surface area contributed by atoms with Crippen molar-refractivity contribution in [2.24, 2.45) is 0 Å². The van der Waals surface area contributed by atoms with Crippen LogP contribution in [0.2, 0.25) is 0 Å². The molecule has 0 aromatic carbocycles. The van der Waals surface area contributed by atoms with E-state index in [9.17, 15) is 0 Å². The molecule has 0 saturated carbocycles.